The predicted molar refractivity (Wildman–Crippen MR) is 94.0 cm³/mol. The zero-order chi connectivity index (χ0) is 16.2. The number of aryl methyl sites for hydroxylation is 1. The first kappa shape index (κ1) is 15.7. The second kappa shape index (κ2) is 6.95. The molecule has 0 fully saturated rings. The van der Waals surface area contributed by atoms with E-state index in [4.69, 9.17) is 16.9 Å². The third kappa shape index (κ3) is 3.61. The third-order valence-corrected chi connectivity index (χ3v) is 4.47. The summed E-state index contributed by atoms with van der Waals surface area (Å²) in [6.45, 7) is 0.671. The molecule has 3 rings (SSSR count). The number of rotatable bonds is 2. The Kier molecular flexibility index (Phi) is 4.75. The lowest BCUT2D eigenvalue weighted by molar-refractivity contribution is 0.256. The zero-order valence-electron chi connectivity index (χ0n) is 12.3. The fourth-order valence-corrected chi connectivity index (χ4v) is 3.29. The number of urea groups is 1. The van der Waals surface area contributed by atoms with Crippen molar-refractivity contribution in [1.29, 1.82) is 5.26 Å². The number of carbonyl (C=O) groups excluding carboxylic acids is 1. The van der Waals surface area contributed by atoms with Crippen LogP contribution in [0.1, 0.15) is 12.0 Å². The number of carbonyl (C=O) groups is 1. The van der Waals surface area contributed by atoms with Crippen LogP contribution in [0.4, 0.5) is 16.2 Å². The van der Waals surface area contributed by atoms with Crippen LogP contribution in [0.15, 0.2) is 47.4 Å². The second-order valence-corrected chi connectivity index (χ2v) is 6.47. The van der Waals surface area contributed by atoms with Gasteiger partial charge in [-0.25, -0.2) is 4.79 Å². The number of thiocyanates is 1. The Morgan fingerprint density at radius 1 is 1.30 bits per heavy atom. The number of nitrogens with zero attached hydrogens (tertiary/aromatic N) is 2. The molecule has 0 unspecified atom stereocenters. The molecule has 0 saturated heterocycles. The van der Waals surface area contributed by atoms with Crippen LogP contribution in [0.2, 0.25) is 5.02 Å². The smallest absolute Gasteiger partial charge is 0.307 e. The van der Waals surface area contributed by atoms with Crippen LogP contribution in [0.5, 0.6) is 0 Å². The summed E-state index contributed by atoms with van der Waals surface area (Å²) in [5.41, 5.74) is 2.67. The molecule has 0 atom stereocenters. The summed E-state index contributed by atoms with van der Waals surface area (Å²) in [6.07, 6.45) is 1.81. The van der Waals surface area contributed by atoms with Crippen molar-refractivity contribution in [2.24, 2.45) is 0 Å². The molecular weight excluding hydrogens is 330 g/mol. The first-order chi connectivity index (χ1) is 11.2. The van der Waals surface area contributed by atoms with E-state index >= 15 is 0 Å². The summed E-state index contributed by atoms with van der Waals surface area (Å²) in [5, 5.41) is 14.3. The number of fused-ring (bicyclic) bond motifs is 1. The molecule has 0 spiro atoms. The van der Waals surface area contributed by atoms with E-state index in [0.717, 1.165) is 40.7 Å². The molecule has 0 bridgehead atoms. The van der Waals surface area contributed by atoms with Crippen LogP contribution >= 0.6 is 23.4 Å². The van der Waals surface area contributed by atoms with E-state index in [1.165, 1.54) is 0 Å². The van der Waals surface area contributed by atoms with Gasteiger partial charge >= 0.3 is 6.03 Å². The van der Waals surface area contributed by atoms with E-state index in [2.05, 4.69) is 10.7 Å². The van der Waals surface area contributed by atoms with Gasteiger partial charge in [0.1, 0.15) is 5.40 Å². The Bertz CT molecular complexity index is 788. The minimum Gasteiger partial charge on any atom is -0.307 e. The fourth-order valence-electron chi connectivity index (χ4n) is 2.66. The van der Waals surface area contributed by atoms with Gasteiger partial charge in [0.15, 0.2) is 0 Å². The minimum absolute atomic E-state index is 0.172. The van der Waals surface area contributed by atoms with Crippen LogP contribution in [-0.4, -0.2) is 12.6 Å². The molecule has 0 saturated carbocycles. The molecule has 0 radical (unpaired) electrons. The molecule has 1 heterocycles. The van der Waals surface area contributed by atoms with Crippen molar-refractivity contribution < 1.29 is 4.79 Å². The van der Waals surface area contributed by atoms with Crippen molar-refractivity contribution >= 4 is 40.8 Å². The summed E-state index contributed by atoms with van der Waals surface area (Å²) >= 11 is 7.08. The molecule has 23 heavy (non-hydrogen) atoms. The molecule has 1 aliphatic rings. The van der Waals surface area contributed by atoms with E-state index in [9.17, 15) is 4.79 Å². The van der Waals surface area contributed by atoms with Gasteiger partial charge in [0.05, 0.1) is 0 Å². The van der Waals surface area contributed by atoms with Gasteiger partial charge in [-0.2, -0.15) is 5.26 Å². The predicted octanol–water partition coefficient (Wildman–Crippen LogP) is 4.90. The molecule has 1 N–H and O–H groups in total. The summed E-state index contributed by atoms with van der Waals surface area (Å²) in [7, 11) is 0. The number of thioether (sulfide) groups is 1. The number of hydrogen-bond acceptors (Lipinski definition) is 3. The van der Waals surface area contributed by atoms with Gasteiger partial charge in [-0.3, -0.25) is 4.90 Å². The number of amides is 2. The average molecular weight is 344 g/mol. The number of anilines is 2. The molecular formula is C17H14ClN3OS. The van der Waals surface area contributed by atoms with Crippen LogP contribution in [0.3, 0.4) is 0 Å². The monoisotopic (exact) mass is 343 g/mol. The van der Waals surface area contributed by atoms with Gasteiger partial charge in [0, 0.05) is 27.8 Å². The Morgan fingerprint density at radius 3 is 2.96 bits per heavy atom. The Hall–Kier alpha value is -2.16. The highest BCUT2D eigenvalue weighted by molar-refractivity contribution is 8.03. The number of nitrogens with one attached hydrogen (secondary N) is 1. The molecule has 1 aliphatic heterocycles. The van der Waals surface area contributed by atoms with E-state index < -0.39 is 0 Å². The summed E-state index contributed by atoms with van der Waals surface area (Å²) < 4.78 is 0. The maximum Gasteiger partial charge on any atom is 0.326 e. The molecule has 6 heteroatoms. The lowest BCUT2D eigenvalue weighted by Gasteiger charge is -2.29. The van der Waals surface area contributed by atoms with Gasteiger partial charge in [-0.05, 0) is 66.6 Å². The van der Waals surface area contributed by atoms with Crippen molar-refractivity contribution in [3.63, 3.8) is 0 Å². The highest BCUT2D eigenvalue weighted by atomic mass is 35.5. The number of hydrogen-bond donors (Lipinski definition) is 1. The molecule has 2 aromatic rings. The van der Waals surface area contributed by atoms with Gasteiger partial charge in [-0.15, -0.1) is 0 Å². The lowest BCUT2D eigenvalue weighted by atomic mass is 10.0. The Morgan fingerprint density at radius 2 is 2.17 bits per heavy atom. The lowest BCUT2D eigenvalue weighted by Crippen LogP contribution is -2.38. The molecule has 2 amide bonds. The first-order valence-electron chi connectivity index (χ1n) is 7.20. The van der Waals surface area contributed by atoms with Crippen molar-refractivity contribution in [2.75, 3.05) is 16.8 Å². The average Bonchev–Trinajstić information content (AvgIpc) is 2.54. The number of benzene rings is 2. The van der Waals surface area contributed by atoms with Crippen LogP contribution < -0.4 is 10.2 Å². The van der Waals surface area contributed by atoms with E-state index in [0.29, 0.717) is 17.3 Å². The highest BCUT2D eigenvalue weighted by Crippen LogP contribution is 2.31. The third-order valence-electron chi connectivity index (χ3n) is 3.65. The van der Waals surface area contributed by atoms with Crippen LogP contribution in [0, 0.1) is 10.7 Å². The normalized spacial score (nSPS) is 13.1. The van der Waals surface area contributed by atoms with Crippen LogP contribution in [-0.2, 0) is 6.42 Å². The van der Waals surface area contributed by atoms with Gasteiger partial charge < -0.3 is 5.32 Å². The Balaban J connectivity index is 1.82. The minimum atomic E-state index is -0.172. The standard InChI is InChI=1S/C17H14ClN3OS/c18-13-4-1-5-14(10-13)20-17(22)21-8-2-3-12-9-15(23-11-19)6-7-16(12)21/h1,4-7,9-10H,2-3,8H2,(H,20,22). The highest BCUT2D eigenvalue weighted by Gasteiger charge is 2.23. The van der Waals surface area contributed by atoms with E-state index in [-0.39, 0.29) is 6.03 Å². The maximum absolute atomic E-state index is 12.6. The van der Waals surface area contributed by atoms with Crippen LogP contribution in [0.25, 0.3) is 0 Å². The van der Waals surface area contributed by atoms with Gasteiger partial charge in [-0.1, -0.05) is 17.7 Å². The van der Waals surface area contributed by atoms with Crippen molar-refractivity contribution in [2.45, 2.75) is 17.7 Å². The molecule has 2 aromatic carbocycles. The number of halogens is 1. The fraction of sp³-hybridized carbons (Fsp3) is 0.176. The quantitative estimate of drug-likeness (QED) is 0.623. The van der Waals surface area contributed by atoms with Gasteiger partial charge in [0.25, 0.3) is 0 Å². The van der Waals surface area contributed by atoms with Crippen molar-refractivity contribution in [3.8, 4) is 5.40 Å². The first-order valence-corrected chi connectivity index (χ1v) is 8.40. The van der Waals surface area contributed by atoms with Gasteiger partial charge in [0.2, 0.25) is 0 Å². The summed E-state index contributed by atoms with van der Waals surface area (Å²) in [4.78, 5) is 15.2. The van der Waals surface area contributed by atoms with Crippen molar-refractivity contribution in [3.05, 3.63) is 53.1 Å². The largest absolute Gasteiger partial charge is 0.326 e. The second-order valence-electron chi connectivity index (χ2n) is 5.18. The zero-order valence-corrected chi connectivity index (χ0v) is 13.8. The van der Waals surface area contributed by atoms with E-state index in [1.807, 2.05) is 18.2 Å². The maximum atomic E-state index is 12.6. The Labute approximate surface area is 144 Å². The SMILES string of the molecule is N#CSc1ccc2c(c1)CCCN2C(=O)Nc1cccc(Cl)c1. The summed E-state index contributed by atoms with van der Waals surface area (Å²) in [6, 6.07) is 12.7. The topological polar surface area (TPSA) is 56.1 Å². The molecule has 4 nitrogen and oxygen atoms in total. The van der Waals surface area contributed by atoms with Crippen molar-refractivity contribution in [1.82, 2.24) is 0 Å². The molecule has 0 aromatic heterocycles. The summed E-state index contributed by atoms with van der Waals surface area (Å²) in [5.74, 6) is 0. The molecule has 116 valence electrons. The molecule has 0 aliphatic carbocycles. The van der Waals surface area contributed by atoms with E-state index in [1.54, 1.807) is 29.2 Å². The number of nitriles is 1.